The second-order valence-corrected chi connectivity index (χ2v) is 6.68. The SMILES string of the molecule is Cc1csc([C@@H](C)NC(=O)Nc2ccc(OC(C)C)cc2C)n1. The van der Waals surface area contributed by atoms with Crippen LogP contribution < -0.4 is 15.4 Å². The first-order valence-electron chi connectivity index (χ1n) is 7.62. The zero-order valence-corrected chi connectivity index (χ0v) is 15.0. The molecular formula is C17H23N3O2S. The Hall–Kier alpha value is -2.08. The standard InChI is InChI=1S/C17H23N3O2S/c1-10(2)22-14-6-7-15(11(3)8-14)20-17(21)19-13(5)16-18-12(4)9-23-16/h6-10,13H,1-5H3,(H2,19,20,21)/t13-/m1/s1. The summed E-state index contributed by atoms with van der Waals surface area (Å²) in [6, 6.07) is 5.26. The molecule has 2 rings (SSSR count). The largest absolute Gasteiger partial charge is 0.491 e. The van der Waals surface area contributed by atoms with Crippen molar-refractivity contribution in [2.45, 2.75) is 46.8 Å². The summed E-state index contributed by atoms with van der Waals surface area (Å²) in [7, 11) is 0. The number of ether oxygens (including phenoxy) is 1. The van der Waals surface area contributed by atoms with Crippen molar-refractivity contribution in [1.82, 2.24) is 10.3 Å². The van der Waals surface area contributed by atoms with E-state index in [1.807, 2.05) is 58.2 Å². The van der Waals surface area contributed by atoms with E-state index in [4.69, 9.17) is 4.74 Å². The number of carbonyl (C=O) groups excluding carboxylic acids is 1. The summed E-state index contributed by atoms with van der Waals surface area (Å²) in [6.45, 7) is 9.77. The van der Waals surface area contributed by atoms with E-state index in [0.717, 1.165) is 27.7 Å². The molecule has 2 aromatic rings. The average molecular weight is 333 g/mol. The zero-order valence-electron chi connectivity index (χ0n) is 14.1. The van der Waals surface area contributed by atoms with Crippen LogP contribution in [0.3, 0.4) is 0 Å². The van der Waals surface area contributed by atoms with Gasteiger partial charge in [-0.25, -0.2) is 9.78 Å². The van der Waals surface area contributed by atoms with E-state index < -0.39 is 0 Å². The van der Waals surface area contributed by atoms with Gasteiger partial charge in [0.2, 0.25) is 0 Å². The summed E-state index contributed by atoms with van der Waals surface area (Å²) < 4.78 is 5.64. The number of hydrogen-bond donors (Lipinski definition) is 2. The van der Waals surface area contributed by atoms with Crippen molar-refractivity contribution in [3.63, 3.8) is 0 Å². The lowest BCUT2D eigenvalue weighted by atomic mass is 10.2. The van der Waals surface area contributed by atoms with Gasteiger partial charge in [0, 0.05) is 16.8 Å². The molecular weight excluding hydrogens is 310 g/mol. The molecule has 2 N–H and O–H groups in total. The van der Waals surface area contributed by atoms with Gasteiger partial charge in [0.15, 0.2) is 0 Å². The molecule has 5 nitrogen and oxygen atoms in total. The molecule has 1 aromatic heterocycles. The van der Waals surface area contributed by atoms with Crippen LogP contribution >= 0.6 is 11.3 Å². The minimum atomic E-state index is -0.244. The molecule has 0 saturated carbocycles. The Labute approximate surface area is 141 Å². The fourth-order valence-corrected chi connectivity index (χ4v) is 2.91. The first-order chi connectivity index (χ1) is 10.8. The Kier molecular flexibility index (Phi) is 5.60. The van der Waals surface area contributed by atoms with Gasteiger partial charge >= 0.3 is 6.03 Å². The molecule has 0 aliphatic carbocycles. The van der Waals surface area contributed by atoms with Crippen LogP contribution in [-0.2, 0) is 0 Å². The Morgan fingerprint density at radius 3 is 2.57 bits per heavy atom. The Balaban J connectivity index is 1.97. The molecule has 0 radical (unpaired) electrons. The monoisotopic (exact) mass is 333 g/mol. The molecule has 0 aliphatic heterocycles. The average Bonchev–Trinajstić information content (AvgIpc) is 2.88. The molecule has 2 amide bonds. The van der Waals surface area contributed by atoms with Gasteiger partial charge in [-0.3, -0.25) is 0 Å². The fourth-order valence-electron chi connectivity index (χ4n) is 2.11. The van der Waals surface area contributed by atoms with Crippen LogP contribution in [0.15, 0.2) is 23.6 Å². The van der Waals surface area contributed by atoms with Gasteiger partial charge in [-0.1, -0.05) is 0 Å². The zero-order chi connectivity index (χ0) is 17.0. The quantitative estimate of drug-likeness (QED) is 0.851. The predicted molar refractivity (Wildman–Crippen MR) is 94.4 cm³/mol. The summed E-state index contributed by atoms with van der Waals surface area (Å²) in [4.78, 5) is 16.5. The third-order valence-electron chi connectivity index (χ3n) is 3.17. The second kappa shape index (κ2) is 7.46. The van der Waals surface area contributed by atoms with Crippen LogP contribution in [0.25, 0.3) is 0 Å². The third-order valence-corrected chi connectivity index (χ3v) is 4.32. The summed E-state index contributed by atoms with van der Waals surface area (Å²) in [5.41, 5.74) is 2.69. The highest BCUT2D eigenvalue weighted by molar-refractivity contribution is 7.09. The maximum atomic E-state index is 12.1. The van der Waals surface area contributed by atoms with Crippen molar-refractivity contribution in [1.29, 1.82) is 0 Å². The Bertz CT molecular complexity index is 682. The Morgan fingerprint density at radius 2 is 2.00 bits per heavy atom. The minimum Gasteiger partial charge on any atom is -0.491 e. The van der Waals surface area contributed by atoms with Crippen molar-refractivity contribution < 1.29 is 9.53 Å². The van der Waals surface area contributed by atoms with Gasteiger partial charge in [0.1, 0.15) is 10.8 Å². The fraction of sp³-hybridized carbons (Fsp3) is 0.412. The number of carbonyl (C=O) groups is 1. The first kappa shape index (κ1) is 17.3. The summed E-state index contributed by atoms with van der Waals surface area (Å²) >= 11 is 1.55. The van der Waals surface area contributed by atoms with Crippen LogP contribution in [0.2, 0.25) is 0 Å². The molecule has 0 fully saturated rings. The summed E-state index contributed by atoms with van der Waals surface area (Å²) in [6.07, 6.45) is 0.124. The molecule has 0 bridgehead atoms. The van der Waals surface area contributed by atoms with Gasteiger partial charge in [-0.15, -0.1) is 11.3 Å². The maximum Gasteiger partial charge on any atom is 0.319 e. The first-order valence-corrected chi connectivity index (χ1v) is 8.50. The number of anilines is 1. The number of benzene rings is 1. The van der Waals surface area contributed by atoms with E-state index in [-0.39, 0.29) is 18.2 Å². The number of nitrogens with zero attached hydrogens (tertiary/aromatic N) is 1. The van der Waals surface area contributed by atoms with Gasteiger partial charge in [-0.2, -0.15) is 0 Å². The molecule has 1 atom stereocenters. The molecule has 0 unspecified atom stereocenters. The number of rotatable bonds is 5. The van der Waals surface area contributed by atoms with Gasteiger partial charge in [-0.05, 0) is 58.4 Å². The molecule has 124 valence electrons. The van der Waals surface area contributed by atoms with Gasteiger partial charge < -0.3 is 15.4 Å². The minimum absolute atomic E-state index is 0.124. The van der Waals surface area contributed by atoms with E-state index in [2.05, 4.69) is 15.6 Å². The lowest BCUT2D eigenvalue weighted by Crippen LogP contribution is -2.31. The highest BCUT2D eigenvalue weighted by atomic mass is 32.1. The number of aryl methyl sites for hydroxylation is 2. The van der Waals surface area contributed by atoms with Crippen molar-refractivity contribution in [2.75, 3.05) is 5.32 Å². The normalized spacial score (nSPS) is 12.1. The Morgan fingerprint density at radius 1 is 1.26 bits per heavy atom. The summed E-state index contributed by atoms with van der Waals surface area (Å²) in [5, 5.41) is 8.64. The number of aromatic nitrogens is 1. The lowest BCUT2D eigenvalue weighted by molar-refractivity contribution is 0.242. The predicted octanol–water partition coefficient (Wildman–Crippen LogP) is 4.43. The molecule has 0 aliphatic rings. The molecule has 23 heavy (non-hydrogen) atoms. The number of hydrogen-bond acceptors (Lipinski definition) is 4. The molecule has 1 heterocycles. The van der Waals surface area contributed by atoms with Gasteiger partial charge in [0.25, 0.3) is 0 Å². The number of nitrogens with one attached hydrogen (secondary N) is 2. The third kappa shape index (κ3) is 4.96. The van der Waals surface area contributed by atoms with E-state index >= 15 is 0 Å². The topological polar surface area (TPSA) is 63.2 Å². The van der Waals surface area contributed by atoms with Crippen LogP contribution in [0, 0.1) is 13.8 Å². The van der Waals surface area contributed by atoms with E-state index in [1.165, 1.54) is 0 Å². The van der Waals surface area contributed by atoms with Crippen molar-refractivity contribution >= 4 is 23.1 Å². The van der Waals surface area contributed by atoms with E-state index in [9.17, 15) is 4.79 Å². The van der Waals surface area contributed by atoms with Crippen molar-refractivity contribution in [3.8, 4) is 5.75 Å². The molecule has 0 saturated heterocycles. The van der Waals surface area contributed by atoms with Crippen LogP contribution in [-0.4, -0.2) is 17.1 Å². The smallest absolute Gasteiger partial charge is 0.319 e. The van der Waals surface area contributed by atoms with Crippen molar-refractivity contribution in [3.05, 3.63) is 39.8 Å². The lowest BCUT2D eigenvalue weighted by Gasteiger charge is -2.15. The van der Waals surface area contributed by atoms with Crippen LogP contribution in [0.4, 0.5) is 10.5 Å². The number of amides is 2. The number of thiazole rings is 1. The highest BCUT2D eigenvalue weighted by Crippen LogP contribution is 2.23. The van der Waals surface area contributed by atoms with Crippen LogP contribution in [0.1, 0.15) is 43.1 Å². The molecule has 1 aromatic carbocycles. The van der Waals surface area contributed by atoms with E-state index in [0.29, 0.717) is 0 Å². The second-order valence-electron chi connectivity index (χ2n) is 5.79. The van der Waals surface area contributed by atoms with Crippen LogP contribution in [0.5, 0.6) is 5.75 Å². The van der Waals surface area contributed by atoms with Gasteiger partial charge in [0.05, 0.1) is 12.1 Å². The number of urea groups is 1. The maximum absolute atomic E-state index is 12.1. The molecule has 0 spiro atoms. The van der Waals surface area contributed by atoms with Crippen molar-refractivity contribution in [2.24, 2.45) is 0 Å². The highest BCUT2D eigenvalue weighted by Gasteiger charge is 2.13. The van der Waals surface area contributed by atoms with E-state index in [1.54, 1.807) is 11.3 Å². The molecule has 6 heteroatoms. The summed E-state index contributed by atoms with van der Waals surface area (Å²) in [5.74, 6) is 0.801.